The summed E-state index contributed by atoms with van der Waals surface area (Å²) in [7, 11) is 11.2. The second kappa shape index (κ2) is 7.80. The third-order valence-corrected chi connectivity index (χ3v) is 4.58. The average Bonchev–Trinajstić information content (AvgIpc) is 2.18. The fourth-order valence-corrected chi connectivity index (χ4v) is 3.11. The maximum atomic E-state index is 5.61. The molecule has 0 atom stereocenters. The molecule has 4 heteroatoms. The minimum absolute atomic E-state index is 0.717. The molecule has 0 heterocycles. The van der Waals surface area contributed by atoms with Crippen LogP contribution in [0.4, 0.5) is 0 Å². The van der Waals surface area contributed by atoms with E-state index in [4.69, 9.17) is 20.9 Å². The summed E-state index contributed by atoms with van der Waals surface area (Å²) in [5.74, 6) is 0. The third-order valence-electron chi connectivity index (χ3n) is 1.91. The predicted molar refractivity (Wildman–Crippen MR) is 62.8 cm³/mol. The SMILES string of the molecule is [Cl][Sn]([Cl])[O]CCCCc1ccccc1. The summed E-state index contributed by atoms with van der Waals surface area (Å²) in [6.07, 6.45) is 3.28. The maximum absolute atomic E-state index is 5.61. The van der Waals surface area contributed by atoms with Crippen LogP contribution in [0, 0.1) is 0 Å². The van der Waals surface area contributed by atoms with E-state index < -0.39 is 17.9 Å². The van der Waals surface area contributed by atoms with Gasteiger partial charge in [0.2, 0.25) is 0 Å². The Labute approximate surface area is 100 Å². The summed E-state index contributed by atoms with van der Waals surface area (Å²) >= 11 is -2.32. The van der Waals surface area contributed by atoms with Crippen molar-refractivity contribution in [3.8, 4) is 0 Å². The van der Waals surface area contributed by atoms with Gasteiger partial charge in [0.15, 0.2) is 0 Å². The van der Waals surface area contributed by atoms with E-state index >= 15 is 0 Å². The molecule has 1 radical (unpaired) electrons. The summed E-state index contributed by atoms with van der Waals surface area (Å²) in [6.45, 7) is 0.717. The summed E-state index contributed by atoms with van der Waals surface area (Å²) in [5.41, 5.74) is 1.38. The molecule has 1 rings (SSSR count). The van der Waals surface area contributed by atoms with Gasteiger partial charge in [-0.1, -0.05) is 0 Å². The van der Waals surface area contributed by atoms with E-state index in [1.165, 1.54) is 5.56 Å². The Kier molecular flexibility index (Phi) is 7.03. The molecule has 0 aromatic heterocycles. The first-order chi connectivity index (χ1) is 6.79. The van der Waals surface area contributed by atoms with Crippen molar-refractivity contribution in [3.05, 3.63) is 35.9 Å². The molecule has 0 aliphatic carbocycles. The molecule has 0 aliphatic heterocycles. The molecule has 0 unspecified atom stereocenters. The first-order valence-corrected chi connectivity index (χ1v) is 13.0. The van der Waals surface area contributed by atoms with Gasteiger partial charge >= 0.3 is 101 Å². The van der Waals surface area contributed by atoms with Crippen LogP contribution in [-0.4, -0.2) is 24.5 Å². The molecular weight excluding hydrogens is 326 g/mol. The van der Waals surface area contributed by atoms with Crippen LogP contribution >= 0.6 is 17.8 Å². The minimum atomic E-state index is -2.32. The molecule has 0 bridgehead atoms. The molecule has 0 aliphatic rings. The van der Waals surface area contributed by atoms with Gasteiger partial charge in [-0.15, -0.1) is 0 Å². The number of rotatable bonds is 6. The zero-order valence-corrected chi connectivity index (χ0v) is 12.2. The predicted octanol–water partition coefficient (Wildman–Crippen LogP) is 3.49. The van der Waals surface area contributed by atoms with Crippen molar-refractivity contribution < 1.29 is 3.07 Å². The van der Waals surface area contributed by atoms with Gasteiger partial charge in [-0.3, -0.25) is 0 Å². The van der Waals surface area contributed by atoms with Crippen molar-refractivity contribution in [2.45, 2.75) is 19.3 Å². The molecule has 0 spiro atoms. The summed E-state index contributed by atoms with van der Waals surface area (Å²) in [4.78, 5) is 0. The van der Waals surface area contributed by atoms with Crippen LogP contribution in [0.3, 0.4) is 0 Å². The number of unbranched alkanes of at least 4 members (excludes halogenated alkanes) is 1. The van der Waals surface area contributed by atoms with Gasteiger partial charge in [-0.05, 0) is 0 Å². The molecule has 0 N–H and O–H groups in total. The molecule has 0 saturated carbocycles. The Bertz CT molecular complexity index is 241. The van der Waals surface area contributed by atoms with Crippen LogP contribution in [-0.2, 0) is 9.49 Å². The first-order valence-electron chi connectivity index (χ1n) is 4.64. The van der Waals surface area contributed by atoms with Crippen LogP contribution in [0.1, 0.15) is 18.4 Å². The van der Waals surface area contributed by atoms with E-state index in [9.17, 15) is 0 Å². The van der Waals surface area contributed by atoms with E-state index in [1.807, 2.05) is 6.07 Å². The second-order valence-electron chi connectivity index (χ2n) is 3.02. The van der Waals surface area contributed by atoms with Gasteiger partial charge in [0.1, 0.15) is 0 Å². The topological polar surface area (TPSA) is 9.23 Å². The van der Waals surface area contributed by atoms with Crippen molar-refractivity contribution >= 4 is 35.8 Å². The fourth-order valence-electron chi connectivity index (χ4n) is 1.23. The van der Waals surface area contributed by atoms with Crippen LogP contribution < -0.4 is 0 Å². The summed E-state index contributed by atoms with van der Waals surface area (Å²) in [6, 6.07) is 10.5. The van der Waals surface area contributed by atoms with E-state index in [1.54, 1.807) is 0 Å². The van der Waals surface area contributed by atoms with E-state index in [2.05, 4.69) is 24.3 Å². The molecule has 77 valence electrons. The van der Waals surface area contributed by atoms with Crippen LogP contribution in [0.5, 0.6) is 0 Å². The standard InChI is InChI=1S/C10H13O.2ClH.Sn/c11-9-5-4-8-10-6-2-1-3-7-10;;;/h1-3,6-7H,4-5,8-9H2;2*1H;/q-1;;;+3/p-2. The Morgan fingerprint density at radius 2 is 1.79 bits per heavy atom. The Balaban J connectivity index is 2.05. The third kappa shape index (κ3) is 6.12. The fraction of sp³-hybridized carbons (Fsp3) is 0.400. The van der Waals surface area contributed by atoms with Gasteiger partial charge in [0.05, 0.1) is 0 Å². The number of halogens is 2. The van der Waals surface area contributed by atoms with Gasteiger partial charge < -0.3 is 0 Å². The zero-order chi connectivity index (χ0) is 10.2. The summed E-state index contributed by atoms with van der Waals surface area (Å²) < 4.78 is 5.21. The van der Waals surface area contributed by atoms with Crippen molar-refractivity contribution in [2.24, 2.45) is 0 Å². The normalized spacial score (nSPS) is 10.8. The molecule has 14 heavy (non-hydrogen) atoms. The van der Waals surface area contributed by atoms with E-state index in [-0.39, 0.29) is 0 Å². The van der Waals surface area contributed by atoms with Crippen LogP contribution in [0.25, 0.3) is 0 Å². The molecule has 0 fully saturated rings. The molecule has 0 amide bonds. The number of benzene rings is 1. The number of hydrogen-bond donors (Lipinski definition) is 0. The van der Waals surface area contributed by atoms with Crippen LogP contribution in [0.15, 0.2) is 30.3 Å². The number of aryl methyl sites for hydroxylation is 1. The monoisotopic (exact) mass is 339 g/mol. The second-order valence-corrected chi connectivity index (χ2v) is 11.0. The van der Waals surface area contributed by atoms with Gasteiger partial charge in [0, 0.05) is 0 Å². The van der Waals surface area contributed by atoms with Crippen molar-refractivity contribution in [2.75, 3.05) is 6.61 Å². The molecular formula is C10H13Cl2OSn. The Morgan fingerprint density at radius 1 is 1.07 bits per heavy atom. The van der Waals surface area contributed by atoms with Crippen molar-refractivity contribution in [1.29, 1.82) is 0 Å². The van der Waals surface area contributed by atoms with Gasteiger partial charge in [-0.25, -0.2) is 0 Å². The van der Waals surface area contributed by atoms with E-state index in [0.29, 0.717) is 6.61 Å². The molecule has 1 nitrogen and oxygen atoms in total. The van der Waals surface area contributed by atoms with Gasteiger partial charge in [0.25, 0.3) is 0 Å². The quantitative estimate of drug-likeness (QED) is 0.570. The van der Waals surface area contributed by atoms with Gasteiger partial charge in [-0.2, -0.15) is 0 Å². The molecule has 1 aromatic carbocycles. The first kappa shape index (κ1) is 12.6. The Morgan fingerprint density at radius 3 is 2.43 bits per heavy atom. The van der Waals surface area contributed by atoms with Crippen molar-refractivity contribution in [3.63, 3.8) is 0 Å². The average molecular weight is 339 g/mol. The summed E-state index contributed by atoms with van der Waals surface area (Å²) in [5, 5.41) is 0. The van der Waals surface area contributed by atoms with Crippen molar-refractivity contribution in [1.82, 2.24) is 0 Å². The van der Waals surface area contributed by atoms with E-state index in [0.717, 1.165) is 19.3 Å². The molecule has 1 aromatic rings. The van der Waals surface area contributed by atoms with Crippen LogP contribution in [0.2, 0.25) is 0 Å². The number of hydrogen-bond acceptors (Lipinski definition) is 1. The Hall–Kier alpha value is 0.559. The molecule has 0 saturated heterocycles. The zero-order valence-electron chi connectivity index (χ0n) is 7.88.